The van der Waals surface area contributed by atoms with Crippen molar-refractivity contribution in [3.63, 3.8) is 0 Å². The third-order valence-corrected chi connectivity index (χ3v) is 4.84. The van der Waals surface area contributed by atoms with Crippen molar-refractivity contribution in [2.45, 2.75) is 70.1 Å². The fourth-order valence-corrected chi connectivity index (χ4v) is 3.56. The summed E-state index contributed by atoms with van der Waals surface area (Å²) < 4.78 is 5.50. The van der Waals surface area contributed by atoms with Gasteiger partial charge in [0, 0.05) is 6.54 Å². The van der Waals surface area contributed by atoms with E-state index < -0.39 is 23.7 Å². The Labute approximate surface area is 149 Å². The Morgan fingerprint density at radius 1 is 1.16 bits per heavy atom. The Kier molecular flexibility index (Phi) is 4.87. The summed E-state index contributed by atoms with van der Waals surface area (Å²) in [6.07, 6.45) is 3.87. The van der Waals surface area contributed by atoms with Crippen molar-refractivity contribution in [3.8, 4) is 0 Å². The lowest BCUT2D eigenvalue weighted by Crippen LogP contribution is -2.44. The smallest absolute Gasteiger partial charge is 0.325 e. The van der Waals surface area contributed by atoms with E-state index in [9.17, 15) is 14.7 Å². The van der Waals surface area contributed by atoms with E-state index in [-0.39, 0.29) is 5.97 Å². The summed E-state index contributed by atoms with van der Waals surface area (Å²) >= 11 is 0. The first-order valence-corrected chi connectivity index (χ1v) is 9.07. The van der Waals surface area contributed by atoms with Crippen molar-refractivity contribution in [2.75, 3.05) is 6.54 Å². The van der Waals surface area contributed by atoms with E-state index in [4.69, 9.17) is 4.74 Å². The van der Waals surface area contributed by atoms with Crippen LogP contribution in [0.5, 0.6) is 0 Å². The van der Waals surface area contributed by atoms with Crippen LogP contribution in [-0.4, -0.2) is 40.1 Å². The summed E-state index contributed by atoms with van der Waals surface area (Å²) in [4.78, 5) is 26.3. The number of esters is 1. The van der Waals surface area contributed by atoms with E-state index >= 15 is 0 Å². The molecular weight excluding hydrogens is 318 g/mol. The quantitative estimate of drug-likeness (QED) is 0.828. The van der Waals surface area contributed by atoms with Gasteiger partial charge in [-0.25, -0.2) is 0 Å². The zero-order valence-electron chi connectivity index (χ0n) is 15.2. The molecule has 1 aromatic carbocycles. The van der Waals surface area contributed by atoms with Gasteiger partial charge in [0.05, 0.1) is 0 Å². The Morgan fingerprint density at radius 2 is 1.80 bits per heavy atom. The molecule has 5 heteroatoms. The molecule has 1 N–H and O–H groups in total. The maximum atomic E-state index is 12.5. The first-order chi connectivity index (χ1) is 11.8. The third kappa shape index (κ3) is 4.21. The molecule has 0 unspecified atom stereocenters. The summed E-state index contributed by atoms with van der Waals surface area (Å²) in [6, 6.07) is 6.55. The van der Waals surface area contributed by atoms with Crippen LogP contribution >= 0.6 is 0 Å². The van der Waals surface area contributed by atoms with Gasteiger partial charge < -0.3 is 9.84 Å². The van der Waals surface area contributed by atoms with Crippen molar-refractivity contribution in [1.29, 1.82) is 0 Å². The van der Waals surface area contributed by atoms with Crippen LogP contribution in [0, 0.1) is 0 Å². The number of benzene rings is 1. The lowest BCUT2D eigenvalue weighted by Gasteiger charge is -2.31. The fourth-order valence-electron chi connectivity index (χ4n) is 3.56. The Balaban J connectivity index is 1.81. The number of ether oxygens (including phenoxy) is 1. The first-order valence-electron chi connectivity index (χ1n) is 9.07. The van der Waals surface area contributed by atoms with Gasteiger partial charge in [-0.15, -0.1) is 0 Å². The van der Waals surface area contributed by atoms with E-state index in [2.05, 4.69) is 0 Å². The molecule has 25 heavy (non-hydrogen) atoms. The highest BCUT2D eigenvalue weighted by molar-refractivity contribution is 5.80. The monoisotopic (exact) mass is 345 g/mol. The van der Waals surface area contributed by atoms with E-state index in [1.165, 1.54) is 18.4 Å². The van der Waals surface area contributed by atoms with Crippen LogP contribution in [-0.2, 0) is 14.3 Å². The van der Waals surface area contributed by atoms with Crippen molar-refractivity contribution < 1.29 is 19.4 Å². The zero-order valence-corrected chi connectivity index (χ0v) is 15.2. The molecule has 0 radical (unpaired) electrons. The number of nitrogens with zero attached hydrogens (tertiary/aromatic N) is 1. The van der Waals surface area contributed by atoms with Crippen molar-refractivity contribution >= 4 is 11.9 Å². The SMILES string of the molecule is CC(C)(C)OC(=O)[C@@H]1CCCN1[C@H](C(=O)O)c1ccc(C2CC2)cc1. The van der Waals surface area contributed by atoms with Gasteiger partial charge >= 0.3 is 11.9 Å². The number of hydrogen-bond acceptors (Lipinski definition) is 4. The van der Waals surface area contributed by atoms with E-state index in [0.717, 1.165) is 12.0 Å². The third-order valence-electron chi connectivity index (χ3n) is 4.84. The standard InChI is InChI=1S/C20H27NO4/c1-20(2,3)25-19(24)16-5-4-12-21(16)17(18(22)23)15-10-8-14(9-11-15)13-6-7-13/h8-11,13,16-17H,4-7,12H2,1-3H3,(H,22,23)/t16-,17-/m0/s1. The van der Waals surface area contributed by atoms with Gasteiger partial charge in [-0.3, -0.25) is 14.5 Å². The molecule has 1 aliphatic carbocycles. The number of hydrogen-bond donors (Lipinski definition) is 1. The minimum atomic E-state index is -0.922. The predicted octanol–water partition coefficient (Wildman–Crippen LogP) is 3.50. The van der Waals surface area contributed by atoms with E-state index in [1.807, 2.05) is 45.0 Å². The highest BCUT2D eigenvalue weighted by Gasteiger charge is 2.41. The molecular formula is C20H27NO4. The first kappa shape index (κ1) is 17.9. The number of aliphatic carboxylic acids is 1. The number of carbonyl (C=O) groups is 2. The van der Waals surface area contributed by atoms with Gasteiger partial charge in [0.2, 0.25) is 0 Å². The molecule has 1 heterocycles. The van der Waals surface area contributed by atoms with Crippen LogP contribution in [0.3, 0.4) is 0 Å². The van der Waals surface area contributed by atoms with Crippen molar-refractivity contribution in [1.82, 2.24) is 4.90 Å². The van der Waals surface area contributed by atoms with Gasteiger partial charge in [-0.1, -0.05) is 24.3 Å². The molecule has 0 aromatic heterocycles. The maximum absolute atomic E-state index is 12.5. The summed E-state index contributed by atoms with van der Waals surface area (Å²) in [5.74, 6) is -0.612. The average molecular weight is 345 g/mol. The molecule has 136 valence electrons. The van der Waals surface area contributed by atoms with Gasteiger partial charge in [0.25, 0.3) is 0 Å². The molecule has 3 rings (SSSR count). The largest absolute Gasteiger partial charge is 0.480 e. The van der Waals surface area contributed by atoms with Crippen LogP contribution in [0.4, 0.5) is 0 Å². The topological polar surface area (TPSA) is 66.8 Å². The van der Waals surface area contributed by atoms with Crippen LogP contribution in [0.1, 0.15) is 69.5 Å². The average Bonchev–Trinajstić information content (AvgIpc) is 3.25. The molecule has 2 aliphatic rings. The second kappa shape index (κ2) is 6.79. The Bertz CT molecular complexity index is 643. The van der Waals surface area contributed by atoms with Gasteiger partial charge in [-0.2, -0.15) is 0 Å². The van der Waals surface area contributed by atoms with Crippen LogP contribution < -0.4 is 0 Å². The lowest BCUT2D eigenvalue weighted by atomic mass is 10.0. The second-order valence-corrected chi connectivity index (χ2v) is 8.11. The minimum Gasteiger partial charge on any atom is -0.480 e. The second-order valence-electron chi connectivity index (χ2n) is 8.11. The Morgan fingerprint density at radius 3 is 2.32 bits per heavy atom. The molecule has 0 spiro atoms. The Hall–Kier alpha value is -1.88. The molecule has 1 saturated heterocycles. The maximum Gasteiger partial charge on any atom is 0.325 e. The number of carboxylic acids is 1. The van der Waals surface area contributed by atoms with Crippen molar-refractivity contribution in [2.24, 2.45) is 0 Å². The van der Waals surface area contributed by atoms with Crippen LogP contribution in [0.25, 0.3) is 0 Å². The summed E-state index contributed by atoms with van der Waals surface area (Å²) in [5, 5.41) is 9.82. The number of carboxylic acid groups (broad SMARTS) is 1. The van der Waals surface area contributed by atoms with Gasteiger partial charge in [0.15, 0.2) is 0 Å². The fraction of sp³-hybridized carbons (Fsp3) is 0.600. The van der Waals surface area contributed by atoms with Crippen molar-refractivity contribution in [3.05, 3.63) is 35.4 Å². The van der Waals surface area contributed by atoms with Crippen LogP contribution in [0.2, 0.25) is 0 Å². The molecule has 1 aliphatic heterocycles. The molecule has 1 saturated carbocycles. The van der Waals surface area contributed by atoms with Crippen LogP contribution in [0.15, 0.2) is 24.3 Å². The molecule has 0 amide bonds. The summed E-state index contributed by atoms with van der Waals surface area (Å²) in [5.41, 5.74) is 1.43. The predicted molar refractivity (Wildman–Crippen MR) is 94.4 cm³/mol. The lowest BCUT2D eigenvalue weighted by molar-refractivity contribution is -0.162. The normalized spacial score (nSPS) is 22.6. The van der Waals surface area contributed by atoms with Gasteiger partial charge in [0.1, 0.15) is 17.7 Å². The number of rotatable bonds is 5. The van der Waals surface area contributed by atoms with E-state index in [1.54, 1.807) is 4.90 Å². The molecule has 2 atom stereocenters. The summed E-state index contributed by atoms with van der Waals surface area (Å²) in [7, 11) is 0. The molecule has 2 fully saturated rings. The summed E-state index contributed by atoms with van der Waals surface area (Å²) in [6.45, 7) is 6.08. The highest BCUT2D eigenvalue weighted by Crippen LogP contribution is 2.40. The number of likely N-dealkylation sites (tertiary alicyclic amines) is 1. The zero-order chi connectivity index (χ0) is 18.2. The number of carbonyl (C=O) groups excluding carboxylic acids is 1. The minimum absolute atomic E-state index is 0.328. The molecule has 1 aromatic rings. The molecule has 0 bridgehead atoms. The van der Waals surface area contributed by atoms with Gasteiger partial charge in [-0.05, 0) is 63.5 Å². The van der Waals surface area contributed by atoms with E-state index in [0.29, 0.717) is 18.9 Å². The highest BCUT2D eigenvalue weighted by atomic mass is 16.6. The molecule has 5 nitrogen and oxygen atoms in total.